The van der Waals surface area contributed by atoms with Crippen molar-refractivity contribution < 1.29 is 4.74 Å². The summed E-state index contributed by atoms with van der Waals surface area (Å²) in [6.07, 6.45) is 9.77. The van der Waals surface area contributed by atoms with Crippen LogP contribution in [0.2, 0.25) is 0 Å². The van der Waals surface area contributed by atoms with Crippen LogP contribution >= 0.6 is 0 Å². The van der Waals surface area contributed by atoms with Crippen LogP contribution in [0.5, 0.6) is 0 Å². The van der Waals surface area contributed by atoms with E-state index >= 15 is 0 Å². The molecule has 3 aromatic rings. The highest BCUT2D eigenvalue weighted by Crippen LogP contribution is 2.34. The molecule has 124 valence electrons. The van der Waals surface area contributed by atoms with Crippen LogP contribution < -0.4 is 0 Å². The fourth-order valence-electron chi connectivity index (χ4n) is 2.98. The van der Waals surface area contributed by atoms with Crippen LogP contribution in [0.3, 0.4) is 0 Å². The largest absolute Gasteiger partial charge is 0.378 e. The first-order valence-electron chi connectivity index (χ1n) is 8.11. The lowest BCUT2D eigenvalue weighted by molar-refractivity contribution is 0.181. The summed E-state index contributed by atoms with van der Waals surface area (Å²) in [6.45, 7) is 7.36. The lowest BCUT2D eigenvalue weighted by Crippen LogP contribution is -2.04. The van der Waals surface area contributed by atoms with E-state index in [-0.39, 0.29) is 0 Å². The fourth-order valence-corrected chi connectivity index (χ4v) is 2.98. The average molecular weight is 322 g/mol. The van der Waals surface area contributed by atoms with Crippen LogP contribution in [0, 0.1) is 6.92 Å². The maximum Gasteiger partial charge on any atom is 0.158 e. The number of nitrogens with zero attached hydrogens (tertiary/aromatic N) is 4. The number of ether oxygens (including phenoxy) is 1. The van der Waals surface area contributed by atoms with E-state index < -0.39 is 0 Å². The Labute approximate surface area is 142 Å². The molecule has 0 aromatic carbocycles. The summed E-state index contributed by atoms with van der Waals surface area (Å²) in [5.74, 6) is 0. The Hall–Kier alpha value is -2.53. The molecule has 0 aliphatic heterocycles. The van der Waals surface area contributed by atoms with Gasteiger partial charge in [-0.15, -0.1) is 0 Å². The van der Waals surface area contributed by atoms with Crippen molar-refractivity contribution in [3.05, 3.63) is 47.6 Å². The summed E-state index contributed by atoms with van der Waals surface area (Å²) >= 11 is 0. The fraction of sp³-hybridized carbons (Fsp3) is 0.316. The van der Waals surface area contributed by atoms with Crippen LogP contribution in [0.25, 0.3) is 28.2 Å². The lowest BCUT2D eigenvalue weighted by atomic mass is 9.96. The van der Waals surface area contributed by atoms with Gasteiger partial charge in [-0.1, -0.05) is 12.2 Å². The highest BCUT2D eigenvalue weighted by molar-refractivity contribution is 5.97. The van der Waals surface area contributed by atoms with Crippen molar-refractivity contribution in [1.29, 1.82) is 0 Å². The molecule has 0 unspecified atom stereocenters. The van der Waals surface area contributed by atoms with Crippen molar-refractivity contribution in [2.24, 2.45) is 0 Å². The smallest absolute Gasteiger partial charge is 0.158 e. The zero-order chi connectivity index (χ0) is 17.1. The third-order valence-corrected chi connectivity index (χ3v) is 3.98. The monoisotopic (exact) mass is 322 g/mol. The number of rotatable bonds is 5. The minimum Gasteiger partial charge on any atom is -0.378 e. The van der Waals surface area contributed by atoms with Gasteiger partial charge in [-0.2, -0.15) is 5.10 Å². The van der Waals surface area contributed by atoms with Crippen LogP contribution in [0.1, 0.15) is 30.7 Å². The minimum absolute atomic E-state index is 0.455. The first-order valence-corrected chi connectivity index (χ1v) is 8.11. The van der Waals surface area contributed by atoms with Gasteiger partial charge in [0.1, 0.15) is 0 Å². The van der Waals surface area contributed by atoms with Crippen molar-refractivity contribution >= 4 is 17.1 Å². The first kappa shape index (κ1) is 16.3. The van der Waals surface area contributed by atoms with E-state index in [1.165, 1.54) is 0 Å². The molecule has 0 amide bonds. The quantitative estimate of drug-likeness (QED) is 0.712. The number of aryl methyl sites for hydroxylation is 2. The third kappa shape index (κ3) is 2.83. The molecule has 24 heavy (non-hydrogen) atoms. The number of pyridine rings is 2. The Balaban J connectivity index is 2.42. The van der Waals surface area contributed by atoms with Gasteiger partial charge in [0.2, 0.25) is 0 Å². The molecular formula is C19H22N4O. The van der Waals surface area contributed by atoms with Crippen molar-refractivity contribution in [2.45, 2.75) is 33.9 Å². The van der Waals surface area contributed by atoms with E-state index in [4.69, 9.17) is 9.72 Å². The van der Waals surface area contributed by atoms with Gasteiger partial charge in [-0.3, -0.25) is 4.98 Å². The molecule has 5 nitrogen and oxygen atoms in total. The minimum atomic E-state index is 0.455. The molecule has 0 saturated heterocycles. The van der Waals surface area contributed by atoms with E-state index in [1.54, 1.807) is 7.11 Å². The summed E-state index contributed by atoms with van der Waals surface area (Å²) in [5, 5.41) is 5.53. The van der Waals surface area contributed by atoms with E-state index in [1.807, 2.05) is 36.3 Å². The Bertz CT molecular complexity index is 896. The van der Waals surface area contributed by atoms with Crippen molar-refractivity contribution in [3.8, 4) is 11.1 Å². The summed E-state index contributed by atoms with van der Waals surface area (Å²) in [6, 6.07) is 2.15. The summed E-state index contributed by atoms with van der Waals surface area (Å²) in [7, 11) is 1.69. The van der Waals surface area contributed by atoms with Crippen molar-refractivity contribution in [1.82, 2.24) is 19.7 Å². The number of fused-ring (bicyclic) bond motifs is 1. The standard InChI is InChI=1S/C19H22N4O/c1-5-7-15-17(12-24-4)22-19-16(11-21-23(19)6-2)18(15)14-8-13(3)9-20-10-14/h5,7-11H,6,12H2,1-4H3/b7-5+. The molecule has 5 heteroatoms. The predicted molar refractivity (Wildman–Crippen MR) is 96.6 cm³/mol. The number of methoxy groups -OCH3 is 1. The SMILES string of the molecule is C/C=C/c1c(COC)nc2c(cnn2CC)c1-c1cncc(C)c1. The molecule has 0 radical (unpaired) electrons. The van der Waals surface area contributed by atoms with Crippen LogP contribution in [0.15, 0.2) is 30.7 Å². The van der Waals surface area contributed by atoms with Crippen LogP contribution in [0.4, 0.5) is 0 Å². The number of allylic oxidation sites excluding steroid dienone is 1. The van der Waals surface area contributed by atoms with E-state index in [2.05, 4.69) is 36.1 Å². The molecule has 3 rings (SSSR count). The highest BCUT2D eigenvalue weighted by Gasteiger charge is 2.18. The molecule has 3 aromatic heterocycles. The van der Waals surface area contributed by atoms with Crippen molar-refractivity contribution in [2.75, 3.05) is 7.11 Å². The molecule has 0 atom stereocenters. The second-order valence-electron chi connectivity index (χ2n) is 5.73. The Morgan fingerprint density at radius 3 is 2.75 bits per heavy atom. The normalized spacial score (nSPS) is 11.7. The maximum absolute atomic E-state index is 5.39. The van der Waals surface area contributed by atoms with Gasteiger partial charge in [0.25, 0.3) is 0 Å². The van der Waals surface area contributed by atoms with Crippen LogP contribution in [-0.4, -0.2) is 26.9 Å². The van der Waals surface area contributed by atoms with Crippen molar-refractivity contribution in [3.63, 3.8) is 0 Å². The number of aromatic nitrogens is 4. The van der Waals surface area contributed by atoms with Gasteiger partial charge in [0, 0.05) is 48.1 Å². The molecular weight excluding hydrogens is 300 g/mol. The van der Waals surface area contributed by atoms with Gasteiger partial charge in [-0.25, -0.2) is 9.67 Å². The first-order chi connectivity index (χ1) is 11.7. The zero-order valence-electron chi connectivity index (χ0n) is 14.6. The lowest BCUT2D eigenvalue weighted by Gasteiger charge is -2.14. The number of hydrogen-bond donors (Lipinski definition) is 0. The van der Waals surface area contributed by atoms with Gasteiger partial charge >= 0.3 is 0 Å². The Morgan fingerprint density at radius 1 is 1.25 bits per heavy atom. The second kappa shape index (κ2) is 6.93. The van der Waals surface area contributed by atoms with Gasteiger partial charge < -0.3 is 4.74 Å². The summed E-state index contributed by atoms with van der Waals surface area (Å²) in [5.41, 5.74) is 6.17. The Morgan fingerprint density at radius 2 is 2.08 bits per heavy atom. The molecule has 0 aliphatic carbocycles. The van der Waals surface area contributed by atoms with Crippen LogP contribution in [-0.2, 0) is 17.9 Å². The molecule has 0 saturated carbocycles. The zero-order valence-corrected chi connectivity index (χ0v) is 14.6. The van der Waals surface area contributed by atoms with Gasteiger partial charge in [-0.05, 0) is 32.4 Å². The average Bonchev–Trinajstić information content (AvgIpc) is 2.98. The molecule has 0 bridgehead atoms. The Kier molecular flexibility index (Phi) is 4.71. The van der Waals surface area contributed by atoms with Gasteiger partial charge in [0.15, 0.2) is 5.65 Å². The van der Waals surface area contributed by atoms with E-state index in [0.29, 0.717) is 6.61 Å². The molecule has 0 fully saturated rings. The third-order valence-electron chi connectivity index (χ3n) is 3.98. The second-order valence-corrected chi connectivity index (χ2v) is 5.73. The van der Waals surface area contributed by atoms with E-state index in [9.17, 15) is 0 Å². The number of hydrogen-bond acceptors (Lipinski definition) is 4. The topological polar surface area (TPSA) is 52.8 Å². The van der Waals surface area contributed by atoms with E-state index in [0.717, 1.165) is 45.5 Å². The van der Waals surface area contributed by atoms with Gasteiger partial charge in [0.05, 0.1) is 18.5 Å². The highest BCUT2D eigenvalue weighted by atomic mass is 16.5. The predicted octanol–water partition coefficient (Wildman–Crippen LogP) is 4.00. The maximum atomic E-state index is 5.39. The summed E-state index contributed by atoms with van der Waals surface area (Å²) in [4.78, 5) is 9.19. The molecule has 0 aliphatic rings. The molecule has 0 spiro atoms. The molecule has 3 heterocycles. The summed E-state index contributed by atoms with van der Waals surface area (Å²) < 4.78 is 7.30. The molecule has 0 N–H and O–H groups in total.